The molecule has 1 fully saturated rings. The number of pyridine rings is 1. The van der Waals surface area contributed by atoms with E-state index >= 15 is 0 Å². The number of aromatic nitrogens is 1. The Labute approximate surface area is 169 Å². The molecule has 156 valence electrons. The second kappa shape index (κ2) is 10.7. The summed E-state index contributed by atoms with van der Waals surface area (Å²) in [7, 11) is 0. The monoisotopic (exact) mass is 402 g/mol. The van der Waals surface area contributed by atoms with Crippen molar-refractivity contribution in [2.24, 2.45) is 5.73 Å². The lowest BCUT2D eigenvalue weighted by Crippen LogP contribution is -2.38. The van der Waals surface area contributed by atoms with Crippen molar-refractivity contribution in [3.05, 3.63) is 54.1 Å². The molecule has 0 spiro atoms. The summed E-state index contributed by atoms with van der Waals surface area (Å²) in [6, 6.07) is 10.9. The van der Waals surface area contributed by atoms with Gasteiger partial charge in [0.05, 0.1) is 24.5 Å². The number of hydrazine groups is 1. The van der Waals surface area contributed by atoms with Gasteiger partial charge in [0, 0.05) is 44.6 Å². The third-order valence-electron chi connectivity index (χ3n) is 4.77. The first-order valence-electron chi connectivity index (χ1n) is 9.65. The molecule has 1 saturated heterocycles. The van der Waals surface area contributed by atoms with Crippen LogP contribution in [0.4, 0.5) is 15.8 Å². The predicted octanol–water partition coefficient (Wildman–Crippen LogP) is 0.960. The van der Waals surface area contributed by atoms with Crippen LogP contribution in [0.1, 0.15) is 5.69 Å². The van der Waals surface area contributed by atoms with Crippen molar-refractivity contribution in [1.82, 2.24) is 15.4 Å². The van der Waals surface area contributed by atoms with Gasteiger partial charge in [0.1, 0.15) is 11.9 Å². The normalized spacial score (nSPS) is 16.1. The Morgan fingerprint density at radius 3 is 2.93 bits per heavy atom. The van der Waals surface area contributed by atoms with E-state index in [1.165, 1.54) is 6.07 Å². The number of carbonyl (C=O) groups is 1. The van der Waals surface area contributed by atoms with E-state index in [2.05, 4.69) is 20.7 Å². The standard InChI is InChI=1S/C20H27FN6O2/c21-19-11-16(24-13-18(12-22)29-15-28)4-5-20(19)26-8-7-25-27(10-9-26)14-17-3-1-2-6-23-17/h1-6,11,15,18,24-25H,7-10,12-14,22H2/t18-/m0/s1. The number of benzene rings is 1. The van der Waals surface area contributed by atoms with Crippen LogP contribution in [-0.4, -0.2) is 61.8 Å². The van der Waals surface area contributed by atoms with Gasteiger partial charge in [-0.05, 0) is 30.3 Å². The highest BCUT2D eigenvalue weighted by Gasteiger charge is 2.18. The Morgan fingerprint density at radius 1 is 1.31 bits per heavy atom. The average Bonchev–Trinajstić information content (AvgIpc) is 2.97. The van der Waals surface area contributed by atoms with Gasteiger partial charge in [-0.25, -0.2) is 9.40 Å². The van der Waals surface area contributed by atoms with Gasteiger partial charge >= 0.3 is 0 Å². The number of anilines is 2. The predicted molar refractivity (Wildman–Crippen MR) is 110 cm³/mol. The van der Waals surface area contributed by atoms with Gasteiger partial charge in [0.25, 0.3) is 6.47 Å². The van der Waals surface area contributed by atoms with Gasteiger partial charge in [-0.3, -0.25) is 15.2 Å². The number of nitrogens with one attached hydrogen (secondary N) is 2. The Bertz CT molecular complexity index is 779. The van der Waals surface area contributed by atoms with Crippen molar-refractivity contribution in [3.63, 3.8) is 0 Å². The fourth-order valence-corrected chi connectivity index (χ4v) is 3.21. The van der Waals surface area contributed by atoms with E-state index in [1.54, 1.807) is 12.3 Å². The molecule has 1 atom stereocenters. The highest BCUT2D eigenvalue weighted by molar-refractivity contribution is 5.56. The zero-order valence-electron chi connectivity index (χ0n) is 16.3. The maximum Gasteiger partial charge on any atom is 0.293 e. The molecule has 1 aliphatic rings. The van der Waals surface area contributed by atoms with E-state index in [0.717, 1.165) is 12.2 Å². The van der Waals surface area contributed by atoms with Crippen molar-refractivity contribution in [2.75, 3.05) is 49.5 Å². The third-order valence-corrected chi connectivity index (χ3v) is 4.77. The molecular formula is C20H27FN6O2. The van der Waals surface area contributed by atoms with Crippen LogP contribution in [0.3, 0.4) is 0 Å². The quantitative estimate of drug-likeness (QED) is 0.534. The lowest BCUT2D eigenvalue weighted by Gasteiger charge is -2.24. The van der Waals surface area contributed by atoms with Gasteiger partial charge < -0.3 is 20.7 Å². The molecule has 2 aromatic rings. The molecule has 8 nitrogen and oxygen atoms in total. The molecule has 0 radical (unpaired) electrons. The number of nitrogens with two attached hydrogens (primary N) is 1. The second-order valence-electron chi connectivity index (χ2n) is 6.77. The van der Waals surface area contributed by atoms with Crippen LogP contribution in [0.25, 0.3) is 0 Å². The SMILES string of the molecule is NC[C@@H](CNc1ccc(N2CCNN(Cc3ccccn3)CC2)c(F)c1)OC=O. The Balaban J connectivity index is 1.56. The largest absolute Gasteiger partial charge is 0.461 e. The maximum atomic E-state index is 14.7. The van der Waals surface area contributed by atoms with E-state index in [1.807, 2.05) is 29.2 Å². The van der Waals surface area contributed by atoms with Crippen molar-refractivity contribution in [1.29, 1.82) is 0 Å². The molecule has 29 heavy (non-hydrogen) atoms. The number of hydrogen-bond acceptors (Lipinski definition) is 8. The molecule has 0 amide bonds. The third kappa shape index (κ3) is 6.11. The van der Waals surface area contributed by atoms with E-state index < -0.39 is 6.10 Å². The lowest BCUT2D eigenvalue weighted by atomic mass is 10.2. The molecule has 4 N–H and O–H groups in total. The summed E-state index contributed by atoms with van der Waals surface area (Å²) in [5.74, 6) is -0.297. The molecule has 0 bridgehead atoms. The minimum atomic E-state index is -0.447. The van der Waals surface area contributed by atoms with Crippen molar-refractivity contribution < 1.29 is 13.9 Å². The van der Waals surface area contributed by atoms with E-state index in [4.69, 9.17) is 10.5 Å². The van der Waals surface area contributed by atoms with E-state index in [-0.39, 0.29) is 12.4 Å². The van der Waals surface area contributed by atoms with Crippen LogP contribution < -0.4 is 21.4 Å². The number of halogens is 1. The Morgan fingerprint density at radius 2 is 2.21 bits per heavy atom. The zero-order chi connectivity index (χ0) is 20.5. The van der Waals surface area contributed by atoms with Crippen molar-refractivity contribution in [2.45, 2.75) is 12.6 Å². The molecule has 1 aliphatic heterocycles. The van der Waals surface area contributed by atoms with Gasteiger partial charge in [-0.2, -0.15) is 0 Å². The average molecular weight is 402 g/mol. The molecule has 0 aliphatic carbocycles. The summed E-state index contributed by atoms with van der Waals surface area (Å²) in [4.78, 5) is 16.8. The van der Waals surface area contributed by atoms with Crippen LogP contribution in [-0.2, 0) is 16.1 Å². The number of hydrogen-bond donors (Lipinski definition) is 3. The lowest BCUT2D eigenvalue weighted by molar-refractivity contribution is -0.132. The summed E-state index contributed by atoms with van der Waals surface area (Å²) >= 11 is 0. The maximum absolute atomic E-state index is 14.7. The molecule has 1 aromatic heterocycles. The van der Waals surface area contributed by atoms with Crippen molar-refractivity contribution in [3.8, 4) is 0 Å². The fraction of sp³-hybridized carbons (Fsp3) is 0.400. The second-order valence-corrected chi connectivity index (χ2v) is 6.77. The first kappa shape index (κ1) is 21.0. The number of carbonyl (C=O) groups excluding carboxylic acids is 1. The van der Waals surface area contributed by atoms with Crippen LogP contribution >= 0.6 is 0 Å². The first-order chi connectivity index (χ1) is 14.2. The molecule has 2 heterocycles. The fourth-order valence-electron chi connectivity index (χ4n) is 3.21. The Kier molecular flexibility index (Phi) is 7.74. The number of nitrogens with zero attached hydrogens (tertiary/aromatic N) is 3. The van der Waals surface area contributed by atoms with E-state index in [9.17, 15) is 9.18 Å². The zero-order valence-corrected chi connectivity index (χ0v) is 16.3. The summed E-state index contributed by atoms with van der Waals surface area (Å²) < 4.78 is 19.6. The molecular weight excluding hydrogens is 375 g/mol. The van der Waals surface area contributed by atoms with Gasteiger partial charge in [0.2, 0.25) is 0 Å². The molecule has 3 rings (SSSR count). The van der Waals surface area contributed by atoms with Crippen molar-refractivity contribution >= 4 is 17.8 Å². The number of ether oxygens (including phenoxy) is 1. The summed E-state index contributed by atoms with van der Waals surface area (Å²) in [5.41, 5.74) is 11.1. The molecule has 0 unspecified atom stereocenters. The minimum Gasteiger partial charge on any atom is -0.461 e. The smallest absolute Gasteiger partial charge is 0.293 e. The van der Waals surface area contributed by atoms with Gasteiger partial charge in [-0.15, -0.1) is 0 Å². The summed E-state index contributed by atoms with van der Waals surface area (Å²) in [5, 5.41) is 5.16. The molecule has 9 heteroatoms. The highest BCUT2D eigenvalue weighted by atomic mass is 19.1. The van der Waals surface area contributed by atoms with Crippen LogP contribution in [0, 0.1) is 5.82 Å². The minimum absolute atomic E-state index is 0.197. The van der Waals surface area contributed by atoms with Crippen LogP contribution in [0.2, 0.25) is 0 Å². The van der Waals surface area contributed by atoms with Crippen LogP contribution in [0.5, 0.6) is 0 Å². The van der Waals surface area contributed by atoms with Gasteiger partial charge in [0.15, 0.2) is 0 Å². The van der Waals surface area contributed by atoms with Gasteiger partial charge in [-0.1, -0.05) is 6.07 Å². The Hall–Kier alpha value is -2.75. The molecule has 1 aromatic carbocycles. The topological polar surface area (TPSA) is 95.8 Å². The number of rotatable bonds is 9. The molecule has 0 saturated carbocycles. The van der Waals surface area contributed by atoms with E-state index in [0.29, 0.717) is 50.6 Å². The highest BCUT2D eigenvalue weighted by Crippen LogP contribution is 2.23. The first-order valence-corrected chi connectivity index (χ1v) is 9.65. The summed E-state index contributed by atoms with van der Waals surface area (Å²) in [6.45, 7) is 4.45. The van der Waals surface area contributed by atoms with Crippen LogP contribution in [0.15, 0.2) is 42.6 Å². The summed E-state index contributed by atoms with van der Waals surface area (Å²) in [6.07, 6.45) is 1.34.